The monoisotopic (exact) mass is 84.1 g/mol. The van der Waals surface area contributed by atoms with E-state index in [1.807, 2.05) is 14.1 Å². The maximum Gasteiger partial charge on any atom is 0.128 e. The summed E-state index contributed by atoms with van der Waals surface area (Å²) in [6.45, 7) is 4.05. The van der Waals surface area contributed by atoms with Gasteiger partial charge in [-0.25, -0.2) is 0 Å². The summed E-state index contributed by atoms with van der Waals surface area (Å²) in [6, 6.07) is 0. The molecule has 0 saturated heterocycles. The normalized spacial score (nSPS) is 13.8. The molecule has 0 saturated carbocycles. The van der Waals surface area contributed by atoms with Gasteiger partial charge in [-0.1, -0.05) is 13.7 Å². The van der Waals surface area contributed by atoms with Crippen LogP contribution < -0.4 is 5.73 Å². The van der Waals surface area contributed by atoms with Crippen LogP contribution in [0.15, 0.2) is 0 Å². The topological polar surface area (TPSA) is 26.0 Å². The molecule has 1 nitrogen and oxygen atoms in total. The summed E-state index contributed by atoms with van der Waals surface area (Å²) in [4.78, 5) is 0. The molecule has 0 heterocycles. The van der Waals surface area contributed by atoms with Gasteiger partial charge in [0.25, 0.3) is 0 Å². The molecule has 1 atom stereocenters. The molecular formula is C4H11BN. The third-order valence-corrected chi connectivity index (χ3v) is 0.900. The number of nitrogens with two attached hydrogens (primary N) is 1. The highest BCUT2D eigenvalue weighted by molar-refractivity contribution is 6.35. The number of hydrogen-bond acceptors (Lipinski definition) is 1. The van der Waals surface area contributed by atoms with E-state index >= 15 is 0 Å². The van der Waals surface area contributed by atoms with Crippen molar-refractivity contribution in [1.29, 1.82) is 0 Å². The molecular weight excluding hydrogens is 72.9 g/mol. The average Bonchev–Trinajstić information content (AvgIpc) is 1.65. The van der Waals surface area contributed by atoms with Gasteiger partial charge in [-0.3, -0.25) is 0 Å². The summed E-state index contributed by atoms with van der Waals surface area (Å²) in [5.41, 5.74) is 5.42. The van der Waals surface area contributed by atoms with E-state index in [9.17, 15) is 0 Å². The van der Waals surface area contributed by atoms with E-state index in [-0.39, 0.29) is 0 Å². The van der Waals surface area contributed by atoms with Crippen LogP contribution in [0.1, 0.15) is 13.3 Å². The van der Waals surface area contributed by atoms with E-state index in [2.05, 4.69) is 6.92 Å². The third kappa shape index (κ3) is 2.27. The SMILES string of the molecule is C[B]C(N)CC. The molecule has 1 unspecified atom stereocenters. The standard InChI is InChI=1S/C4H11BN/c1-3-4(6)5-2/h4H,3,6H2,1-2H3. The maximum absolute atomic E-state index is 5.42. The van der Waals surface area contributed by atoms with Gasteiger partial charge >= 0.3 is 0 Å². The molecule has 35 valence electrons. The zero-order chi connectivity index (χ0) is 4.99. The lowest BCUT2D eigenvalue weighted by Gasteiger charge is -1.98. The maximum atomic E-state index is 5.42. The fourth-order valence-electron chi connectivity index (χ4n) is 0.236. The van der Waals surface area contributed by atoms with E-state index in [0.29, 0.717) is 5.94 Å². The van der Waals surface area contributed by atoms with Crippen LogP contribution in [0.4, 0.5) is 0 Å². The largest absolute Gasteiger partial charge is 0.335 e. The molecule has 0 spiro atoms. The Morgan fingerprint density at radius 2 is 2.33 bits per heavy atom. The molecule has 0 aromatic rings. The van der Waals surface area contributed by atoms with E-state index < -0.39 is 0 Å². The van der Waals surface area contributed by atoms with Crippen molar-refractivity contribution in [2.24, 2.45) is 5.73 Å². The fourth-order valence-corrected chi connectivity index (χ4v) is 0.236. The second-order valence-electron chi connectivity index (χ2n) is 1.41. The molecule has 0 bridgehead atoms. The third-order valence-electron chi connectivity index (χ3n) is 0.900. The van der Waals surface area contributed by atoms with E-state index in [1.54, 1.807) is 0 Å². The predicted molar refractivity (Wildman–Crippen MR) is 29.9 cm³/mol. The van der Waals surface area contributed by atoms with Crippen molar-refractivity contribution in [2.75, 3.05) is 0 Å². The zero-order valence-electron chi connectivity index (χ0n) is 4.44. The molecule has 0 aromatic heterocycles. The molecule has 0 amide bonds. The Balaban J connectivity index is 2.75. The summed E-state index contributed by atoms with van der Waals surface area (Å²) in [5.74, 6) is 0.310. The first-order chi connectivity index (χ1) is 2.81. The zero-order valence-corrected chi connectivity index (χ0v) is 4.44. The van der Waals surface area contributed by atoms with Crippen LogP contribution in [-0.2, 0) is 0 Å². The van der Waals surface area contributed by atoms with Crippen molar-refractivity contribution in [3.8, 4) is 0 Å². The highest BCUT2D eigenvalue weighted by atomic mass is 14.6. The minimum atomic E-state index is 0.310. The van der Waals surface area contributed by atoms with E-state index in [4.69, 9.17) is 5.73 Å². The van der Waals surface area contributed by atoms with Crippen LogP contribution in [0, 0.1) is 0 Å². The molecule has 2 heteroatoms. The first-order valence-electron chi connectivity index (χ1n) is 2.36. The molecule has 0 aliphatic heterocycles. The Hall–Kier alpha value is 0.0249. The first kappa shape index (κ1) is 6.02. The van der Waals surface area contributed by atoms with Crippen LogP contribution >= 0.6 is 0 Å². The number of hydrogen-bond donors (Lipinski definition) is 1. The van der Waals surface area contributed by atoms with Gasteiger partial charge in [0, 0.05) is 0 Å². The van der Waals surface area contributed by atoms with Crippen molar-refractivity contribution in [3.63, 3.8) is 0 Å². The second kappa shape index (κ2) is 3.22. The minimum absolute atomic E-state index is 0.310. The molecule has 0 aliphatic rings. The summed E-state index contributed by atoms with van der Waals surface area (Å²) in [6.07, 6.45) is 1.05. The fraction of sp³-hybridized carbons (Fsp3) is 1.00. The lowest BCUT2D eigenvalue weighted by Crippen LogP contribution is -2.23. The lowest BCUT2D eigenvalue weighted by atomic mass is 9.72. The summed E-state index contributed by atoms with van der Waals surface area (Å²) in [5, 5.41) is 0. The molecule has 6 heavy (non-hydrogen) atoms. The Morgan fingerprint density at radius 1 is 1.83 bits per heavy atom. The van der Waals surface area contributed by atoms with E-state index in [0.717, 1.165) is 6.42 Å². The Morgan fingerprint density at radius 3 is 2.33 bits per heavy atom. The molecule has 0 aliphatic carbocycles. The van der Waals surface area contributed by atoms with Gasteiger partial charge < -0.3 is 5.73 Å². The molecule has 0 fully saturated rings. The molecule has 2 N–H and O–H groups in total. The smallest absolute Gasteiger partial charge is 0.128 e. The van der Waals surface area contributed by atoms with Gasteiger partial charge in [0.2, 0.25) is 0 Å². The van der Waals surface area contributed by atoms with E-state index in [1.165, 1.54) is 0 Å². The average molecular weight is 84.0 g/mol. The molecule has 0 rings (SSSR count). The number of rotatable bonds is 2. The first-order valence-corrected chi connectivity index (χ1v) is 2.36. The van der Waals surface area contributed by atoms with Gasteiger partial charge in [-0.15, -0.1) is 0 Å². The molecule has 0 aromatic carbocycles. The predicted octanol–water partition coefficient (Wildman–Crippen LogP) is 0.433. The van der Waals surface area contributed by atoms with Crippen LogP contribution in [0.3, 0.4) is 0 Å². The van der Waals surface area contributed by atoms with Crippen molar-refractivity contribution < 1.29 is 0 Å². The van der Waals surface area contributed by atoms with Gasteiger partial charge in [-0.05, 0) is 12.4 Å². The molecule has 1 radical (unpaired) electrons. The quantitative estimate of drug-likeness (QED) is 0.482. The summed E-state index contributed by atoms with van der Waals surface area (Å²) >= 11 is 0. The minimum Gasteiger partial charge on any atom is -0.335 e. The Labute approximate surface area is 40.2 Å². The van der Waals surface area contributed by atoms with Crippen LogP contribution in [0.2, 0.25) is 6.82 Å². The summed E-state index contributed by atoms with van der Waals surface area (Å²) < 4.78 is 0. The van der Waals surface area contributed by atoms with Crippen molar-refractivity contribution >= 4 is 7.28 Å². The van der Waals surface area contributed by atoms with Crippen molar-refractivity contribution in [1.82, 2.24) is 0 Å². The highest BCUT2D eigenvalue weighted by Crippen LogP contribution is 1.78. The van der Waals surface area contributed by atoms with Gasteiger partial charge in [0.15, 0.2) is 0 Å². The highest BCUT2D eigenvalue weighted by Gasteiger charge is 1.90. The Bertz CT molecular complexity index is 26.7. The van der Waals surface area contributed by atoms with Gasteiger partial charge in [0.1, 0.15) is 7.28 Å². The summed E-state index contributed by atoms with van der Waals surface area (Å²) in [7, 11) is 2.00. The van der Waals surface area contributed by atoms with Gasteiger partial charge in [-0.2, -0.15) is 0 Å². The second-order valence-corrected chi connectivity index (χ2v) is 1.41. The lowest BCUT2D eigenvalue weighted by molar-refractivity contribution is 0.847. The van der Waals surface area contributed by atoms with Gasteiger partial charge in [0.05, 0.1) is 0 Å². The Kier molecular flexibility index (Phi) is 3.24. The van der Waals surface area contributed by atoms with Crippen LogP contribution in [0.25, 0.3) is 0 Å². The van der Waals surface area contributed by atoms with Crippen LogP contribution in [-0.4, -0.2) is 13.2 Å². The van der Waals surface area contributed by atoms with Crippen molar-refractivity contribution in [2.45, 2.75) is 26.1 Å². The van der Waals surface area contributed by atoms with Crippen molar-refractivity contribution in [3.05, 3.63) is 0 Å². The van der Waals surface area contributed by atoms with Crippen LogP contribution in [0.5, 0.6) is 0 Å².